The second-order valence-corrected chi connectivity index (χ2v) is 10.7. The molecule has 1 N–H and O–H groups in total. The molecule has 2 bridgehead atoms. The van der Waals surface area contributed by atoms with Gasteiger partial charge in [0.15, 0.2) is 6.61 Å². The van der Waals surface area contributed by atoms with Gasteiger partial charge < -0.3 is 10.1 Å². The molecule has 1 heterocycles. The highest BCUT2D eigenvalue weighted by molar-refractivity contribution is 9.10. The van der Waals surface area contributed by atoms with E-state index in [1.54, 1.807) is 12.1 Å². The van der Waals surface area contributed by atoms with E-state index >= 15 is 0 Å². The molecule has 0 radical (unpaired) electrons. The highest BCUT2D eigenvalue weighted by atomic mass is 79.9. The third kappa shape index (κ3) is 4.51. The fourth-order valence-corrected chi connectivity index (χ4v) is 6.52. The molecule has 0 unspecified atom stereocenters. The number of anilines is 1. The fourth-order valence-electron chi connectivity index (χ4n) is 6.04. The highest BCUT2D eigenvalue weighted by Crippen LogP contribution is 2.56. The Labute approximate surface area is 212 Å². The number of nitrogens with one attached hydrogen (secondary N) is 1. The predicted molar refractivity (Wildman–Crippen MR) is 132 cm³/mol. The van der Waals surface area contributed by atoms with Crippen molar-refractivity contribution >= 4 is 45.3 Å². The molecule has 0 aromatic heterocycles. The summed E-state index contributed by atoms with van der Waals surface area (Å²) in [5, 5.41) is 2.74. The summed E-state index contributed by atoms with van der Waals surface area (Å²) in [6, 6.07) is 13.6. The number of carbonyl (C=O) groups excluding carboxylic acids is 4. The predicted octanol–water partition coefficient (Wildman–Crippen LogP) is 3.88. The minimum absolute atomic E-state index is 0.152. The minimum atomic E-state index is -1.09. The number of nitrogens with zero attached hydrogens (tertiary/aromatic N) is 1. The number of amides is 3. The number of hydrogen-bond acceptors (Lipinski definition) is 5. The van der Waals surface area contributed by atoms with Crippen molar-refractivity contribution in [3.63, 3.8) is 0 Å². The molecule has 2 saturated carbocycles. The van der Waals surface area contributed by atoms with E-state index in [9.17, 15) is 19.2 Å². The number of aryl methyl sites for hydroxylation is 1. The third-order valence-electron chi connectivity index (χ3n) is 7.63. The molecule has 182 valence electrons. The molecular formula is C27H27BrN2O5. The van der Waals surface area contributed by atoms with Gasteiger partial charge in [-0.2, -0.15) is 0 Å². The lowest BCUT2D eigenvalue weighted by atomic mass is 9.81. The van der Waals surface area contributed by atoms with Gasteiger partial charge in [0, 0.05) is 16.6 Å². The van der Waals surface area contributed by atoms with E-state index in [-0.39, 0.29) is 41.9 Å². The molecule has 2 aromatic rings. The summed E-state index contributed by atoms with van der Waals surface area (Å²) in [6.45, 7) is 1.35. The average molecular weight is 539 g/mol. The van der Waals surface area contributed by atoms with Gasteiger partial charge in [0.25, 0.3) is 5.91 Å². The first-order chi connectivity index (χ1) is 16.8. The number of likely N-dealkylation sites (tertiary alicyclic amines) is 1. The summed E-state index contributed by atoms with van der Waals surface area (Å²) >= 11 is 3.38. The molecule has 1 saturated heterocycles. The van der Waals surface area contributed by atoms with E-state index in [4.69, 9.17) is 4.74 Å². The summed E-state index contributed by atoms with van der Waals surface area (Å²) in [5.74, 6) is -1.96. The number of halogens is 1. The van der Waals surface area contributed by atoms with Crippen molar-refractivity contribution in [3.05, 3.63) is 64.1 Å². The van der Waals surface area contributed by atoms with Crippen LogP contribution in [0.2, 0.25) is 0 Å². The molecule has 8 heteroatoms. The van der Waals surface area contributed by atoms with Gasteiger partial charge in [0.1, 0.15) is 6.04 Å². The molecule has 7 nitrogen and oxygen atoms in total. The molecule has 3 fully saturated rings. The lowest BCUT2D eigenvalue weighted by molar-refractivity contribution is -0.160. The van der Waals surface area contributed by atoms with E-state index in [1.165, 1.54) is 0 Å². The quantitative estimate of drug-likeness (QED) is 0.426. The number of benzene rings is 2. The van der Waals surface area contributed by atoms with Crippen LogP contribution in [0.4, 0.5) is 5.69 Å². The highest BCUT2D eigenvalue weighted by Gasteiger charge is 2.62. The topological polar surface area (TPSA) is 92.8 Å². The molecule has 3 amide bonds. The Balaban J connectivity index is 1.31. The number of fused-ring (bicyclic) bond motifs is 5. The van der Waals surface area contributed by atoms with Crippen molar-refractivity contribution in [2.75, 3.05) is 11.9 Å². The van der Waals surface area contributed by atoms with E-state index in [1.807, 2.05) is 43.3 Å². The normalized spacial score (nSPS) is 25.5. The van der Waals surface area contributed by atoms with E-state index in [0.717, 1.165) is 39.8 Å². The van der Waals surface area contributed by atoms with Gasteiger partial charge in [-0.05, 0) is 67.3 Å². The van der Waals surface area contributed by atoms with Crippen LogP contribution in [0.25, 0.3) is 0 Å². The Morgan fingerprint density at radius 2 is 1.71 bits per heavy atom. The Morgan fingerprint density at radius 3 is 2.34 bits per heavy atom. The van der Waals surface area contributed by atoms with Crippen LogP contribution in [0.1, 0.15) is 30.4 Å². The van der Waals surface area contributed by atoms with Gasteiger partial charge in [-0.25, -0.2) is 4.79 Å². The smallest absolute Gasteiger partial charge is 0.330 e. The molecule has 2 aromatic carbocycles. The van der Waals surface area contributed by atoms with Crippen molar-refractivity contribution < 1.29 is 23.9 Å². The largest absolute Gasteiger partial charge is 0.454 e. The number of carbonyl (C=O) groups is 4. The van der Waals surface area contributed by atoms with E-state index in [0.29, 0.717) is 5.69 Å². The fraction of sp³-hybridized carbons (Fsp3) is 0.407. The first kappa shape index (κ1) is 23.7. The standard InChI is InChI=1S/C27H27BrN2O5/c1-15-11-19(28)9-10-20(15)29-22(31)14-35-27(34)21(12-16-5-3-2-4-6-16)30-25(32)23-17-7-8-18(13-17)24(23)26(30)33/h2-6,9-11,17-18,21,23-24H,7-8,12-14H2,1H3,(H,29,31)/t17-,18-,21-,23-,24-/m0/s1. The molecule has 0 spiro atoms. The molecule has 35 heavy (non-hydrogen) atoms. The maximum atomic E-state index is 13.4. The zero-order valence-electron chi connectivity index (χ0n) is 19.4. The van der Waals surface area contributed by atoms with Gasteiger partial charge in [-0.1, -0.05) is 46.3 Å². The maximum absolute atomic E-state index is 13.4. The number of ether oxygens (including phenoxy) is 1. The lowest BCUT2D eigenvalue weighted by Crippen LogP contribution is -2.48. The molecular weight excluding hydrogens is 512 g/mol. The summed E-state index contributed by atoms with van der Waals surface area (Å²) in [5.41, 5.74) is 2.28. The summed E-state index contributed by atoms with van der Waals surface area (Å²) in [7, 11) is 0. The van der Waals surface area contributed by atoms with Gasteiger partial charge >= 0.3 is 5.97 Å². The van der Waals surface area contributed by atoms with Crippen LogP contribution in [-0.2, 0) is 30.3 Å². The average Bonchev–Trinajstić information content (AvgIpc) is 3.52. The van der Waals surface area contributed by atoms with Crippen LogP contribution in [-0.4, -0.2) is 41.2 Å². The van der Waals surface area contributed by atoms with Crippen molar-refractivity contribution in [1.82, 2.24) is 4.90 Å². The molecule has 5 atom stereocenters. The number of imide groups is 1. The Morgan fingerprint density at radius 1 is 1.06 bits per heavy atom. The van der Waals surface area contributed by atoms with Crippen molar-refractivity contribution in [2.24, 2.45) is 23.7 Å². The second-order valence-electron chi connectivity index (χ2n) is 9.75. The van der Waals surface area contributed by atoms with Crippen LogP contribution in [0.15, 0.2) is 53.0 Å². The van der Waals surface area contributed by atoms with Crippen LogP contribution < -0.4 is 5.32 Å². The summed E-state index contributed by atoms with van der Waals surface area (Å²) in [4.78, 5) is 53.6. The Hall–Kier alpha value is -3.00. The SMILES string of the molecule is Cc1cc(Br)ccc1NC(=O)COC(=O)[C@H](Cc1ccccc1)N1C(=O)[C@H]2[C@H]3CC[C@@H](C3)[C@@H]2C1=O. The van der Waals surface area contributed by atoms with Gasteiger partial charge in [-0.3, -0.25) is 19.3 Å². The maximum Gasteiger partial charge on any atom is 0.330 e. The van der Waals surface area contributed by atoms with Crippen molar-refractivity contribution in [3.8, 4) is 0 Å². The zero-order chi connectivity index (χ0) is 24.7. The van der Waals surface area contributed by atoms with Gasteiger partial charge in [-0.15, -0.1) is 0 Å². The van der Waals surface area contributed by atoms with Crippen LogP contribution in [0.5, 0.6) is 0 Å². The monoisotopic (exact) mass is 538 g/mol. The van der Waals surface area contributed by atoms with E-state index in [2.05, 4.69) is 21.2 Å². The van der Waals surface area contributed by atoms with Gasteiger partial charge in [0.2, 0.25) is 11.8 Å². The first-order valence-corrected chi connectivity index (χ1v) is 12.8. The van der Waals surface area contributed by atoms with Crippen LogP contribution in [0, 0.1) is 30.6 Å². The summed E-state index contributed by atoms with van der Waals surface area (Å²) < 4.78 is 6.26. The zero-order valence-corrected chi connectivity index (χ0v) is 21.0. The minimum Gasteiger partial charge on any atom is -0.454 e. The number of rotatable bonds is 7. The molecule has 3 aliphatic rings. The molecule has 1 aliphatic heterocycles. The van der Waals surface area contributed by atoms with Crippen molar-refractivity contribution in [1.29, 1.82) is 0 Å². The van der Waals surface area contributed by atoms with Crippen molar-refractivity contribution in [2.45, 2.75) is 38.6 Å². The van der Waals surface area contributed by atoms with Crippen LogP contribution >= 0.6 is 15.9 Å². The lowest BCUT2D eigenvalue weighted by Gasteiger charge is -2.26. The number of hydrogen-bond donors (Lipinski definition) is 1. The third-order valence-corrected chi connectivity index (χ3v) is 8.12. The Bertz CT molecular complexity index is 1160. The van der Waals surface area contributed by atoms with Crippen LogP contribution in [0.3, 0.4) is 0 Å². The molecule has 2 aliphatic carbocycles. The Kier molecular flexibility index (Phi) is 6.49. The second kappa shape index (κ2) is 9.57. The molecule has 5 rings (SSSR count). The number of esters is 1. The first-order valence-electron chi connectivity index (χ1n) is 12.0. The van der Waals surface area contributed by atoms with E-state index < -0.39 is 24.5 Å². The van der Waals surface area contributed by atoms with Gasteiger partial charge in [0.05, 0.1) is 11.8 Å². The summed E-state index contributed by atoms with van der Waals surface area (Å²) in [6.07, 6.45) is 2.99.